The first kappa shape index (κ1) is 19.1. The maximum atomic E-state index is 12.2. The largest absolute Gasteiger partial charge is 0.496 e. The Hall–Kier alpha value is -2.21. The number of benzene rings is 2. The molecule has 0 saturated carbocycles. The Labute approximate surface area is 156 Å². The SMILES string of the molecule is COc1ccc(Br)cc1CCNC(=O)Cc1ccc(OC)c(OC)c1. The van der Waals surface area contributed by atoms with Crippen LogP contribution >= 0.6 is 15.9 Å². The standard InChI is InChI=1S/C19H22BrNO4/c1-23-16-7-5-15(20)12-14(16)8-9-21-19(22)11-13-4-6-17(24-2)18(10-13)25-3/h4-7,10,12H,8-9,11H2,1-3H3,(H,21,22). The molecule has 0 spiro atoms. The summed E-state index contributed by atoms with van der Waals surface area (Å²) >= 11 is 3.45. The lowest BCUT2D eigenvalue weighted by atomic mass is 10.1. The fourth-order valence-corrected chi connectivity index (χ4v) is 2.93. The number of nitrogens with one attached hydrogen (secondary N) is 1. The highest BCUT2D eigenvalue weighted by Gasteiger charge is 2.09. The number of rotatable bonds is 8. The van der Waals surface area contributed by atoms with Gasteiger partial charge in [-0.05, 0) is 47.9 Å². The second-order valence-electron chi connectivity index (χ2n) is 5.42. The number of hydrogen-bond acceptors (Lipinski definition) is 4. The Kier molecular flexibility index (Phi) is 7.13. The average molecular weight is 408 g/mol. The van der Waals surface area contributed by atoms with Gasteiger partial charge in [0.2, 0.25) is 5.91 Å². The number of carbonyl (C=O) groups excluding carboxylic acids is 1. The van der Waals surface area contributed by atoms with Crippen LogP contribution in [0.2, 0.25) is 0 Å². The summed E-state index contributed by atoms with van der Waals surface area (Å²) in [7, 11) is 4.80. The molecule has 2 aromatic rings. The molecule has 0 aromatic heterocycles. The van der Waals surface area contributed by atoms with E-state index in [1.807, 2.05) is 30.3 Å². The van der Waals surface area contributed by atoms with Crippen LogP contribution in [0.15, 0.2) is 40.9 Å². The van der Waals surface area contributed by atoms with Crippen molar-refractivity contribution < 1.29 is 19.0 Å². The second-order valence-corrected chi connectivity index (χ2v) is 6.34. The minimum absolute atomic E-state index is 0.0406. The number of halogens is 1. The maximum Gasteiger partial charge on any atom is 0.224 e. The molecule has 1 amide bonds. The van der Waals surface area contributed by atoms with Crippen molar-refractivity contribution in [3.8, 4) is 17.2 Å². The molecule has 0 atom stereocenters. The highest BCUT2D eigenvalue weighted by Crippen LogP contribution is 2.27. The maximum absolute atomic E-state index is 12.2. The van der Waals surface area contributed by atoms with Gasteiger partial charge in [-0.3, -0.25) is 4.79 Å². The van der Waals surface area contributed by atoms with Crippen molar-refractivity contribution in [2.24, 2.45) is 0 Å². The number of carbonyl (C=O) groups is 1. The summed E-state index contributed by atoms with van der Waals surface area (Å²) in [6.07, 6.45) is 0.982. The van der Waals surface area contributed by atoms with Crippen molar-refractivity contribution in [1.29, 1.82) is 0 Å². The van der Waals surface area contributed by atoms with Crippen LogP contribution < -0.4 is 19.5 Å². The van der Waals surface area contributed by atoms with Crippen LogP contribution in [0, 0.1) is 0 Å². The molecule has 0 aliphatic carbocycles. The topological polar surface area (TPSA) is 56.8 Å². The van der Waals surface area contributed by atoms with E-state index in [0.717, 1.165) is 21.3 Å². The van der Waals surface area contributed by atoms with E-state index in [2.05, 4.69) is 21.2 Å². The van der Waals surface area contributed by atoms with Gasteiger partial charge in [0.05, 0.1) is 27.8 Å². The van der Waals surface area contributed by atoms with Gasteiger partial charge in [-0.1, -0.05) is 22.0 Å². The molecule has 0 unspecified atom stereocenters. The summed E-state index contributed by atoms with van der Waals surface area (Å²) in [6.45, 7) is 0.541. The molecule has 0 aliphatic rings. The van der Waals surface area contributed by atoms with Crippen LogP contribution in [0.25, 0.3) is 0 Å². The molecule has 0 aliphatic heterocycles. The molecule has 5 nitrogen and oxygen atoms in total. The molecule has 6 heteroatoms. The fraction of sp³-hybridized carbons (Fsp3) is 0.316. The van der Waals surface area contributed by atoms with Gasteiger partial charge in [0.15, 0.2) is 11.5 Å². The molecule has 1 N–H and O–H groups in total. The normalized spacial score (nSPS) is 10.2. The molecule has 0 fully saturated rings. The average Bonchev–Trinajstić information content (AvgIpc) is 2.61. The first-order valence-corrected chi connectivity index (χ1v) is 8.66. The Bertz CT molecular complexity index is 733. The van der Waals surface area contributed by atoms with Gasteiger partial charge in [0.1, 0.15) is 5.75 Å². The van der Waals surface area contributed by atoms with Crippen LogP contribution in [-0.4, -0.2) is 33.8 Å². The summed E-state index contributed by atoms with van der Waals surface area (Å²) in [4.78, 5) is 12.2. The summed E-state index contributed by atoms with van der Waals surface area (Å²) < 4.78 is 16.8. The van der Waals surface area contributed by atoms with E-state index < -0.39 is 0 Å². The van der Waals surface area contributed by atoms with Gasteiger partial charge >= 0.3 is 0 Å². The summed E-state index contributed by atoms with van der Waals surface area (Å²) in [5.74, 6) is 2.04. The van der Waals surface area contributed by atoms with Crippen molar-refractivity contribution in [2.45, 2.75) is 12.8 Å². The van der Waals surface area contributed by atoms with Crippen molar-refractivity contribution in [1.82, 2.24) is 5.32 Å². The Balaban J connectivity index is 1.90. The van der Waals surface area contributed by atoms with Crippen molar-refractivity contribution in [3.63, 3.8) is 0 Å². The first-order valence-electron chi connectivity index (χ1n) is 7.87. The van der Waals surface area contributed by atoms with Gasteiger partial charge in [0.25, 0.3) is 0 Å². The summed E-state index contributed by atoms with van der Waals surface area (Å²) in [5.41, 5.74) is 1.92. The quantitative estimate of drug-likeness (QED) is 0.728. The van der Waals surface area contributed by atoms with Gasteiger partial charge < -0.3 is 19.5 Å². The van der Waals surface area contributed by atoms with Crippen molar-refractivity contribution in [2.75, 3.05) is 27.9 Å². The predicted molar refractivity (Wildman–Crippen MR) is 101 cm³/mol. The highest BCUT2D eigenvalue weighted by molar-refractivity contribution is 9.10. The minimum atomic E-state index is -0.0406. The third-order valence-corrected chi connectivity index (χ3v) is 4.26. The molecule has 134 valence electrons. The van der Waals surface area contributed by atoms with Gasteiger partial charge in [0, 0.05) is 11.0 Å². The molecule has 0 radical (unpaired) electrons. The highest BCUT2D eigenvalue weighted by atomic mass is 79.9. The molecule has 0 heterocycles. The van der Waals surface area contributed by atoms with Gasteiger partial charge in [-0.15, -0.1) is 0 Å². The van der Waals surface area contributed by atoms with E-state index in [9.17, 15) is 4.79 Å². The van der Waals surface area contributed by atoms with E-state index in [4.69, 9.17) is 14.2 Å². The van der Waals surface area contributed by atoms with Crippen molar-refractivity contribution in [3.05, 3.63) is 52.0 Å². The van der Waals surface area contributed by atoms with Crippen molar-refractivity contribution >= 4 is 21.8 Å². The second kappa shape index (κ2) is 9.32. The molecule has 0 saturated heterocycles. The lowest BCUT2D eigenvalue weighted by molar-refractivity contribution is -0.120. The van der Waals surface area contributed by atoms with Gasteiger partial charge in [-0.2, -0.15) is 0 Å². The summed E-state index contributed by atoms with van der Waals surface area (Å²) in [6, 6.07) is 11.3. The van der Waals surface area contributed by atoms with E-state index in [1.165, 1.54) is 0 Å². The number of amides is 1. The third kappa shape index (κ3) is 5.39. The lowest BCUT2D eigenvalue weighted by Crippen LogP contribution is -2.27. The number of methoxy groups -OCH3 is 3. The zero-order valence-corrected chi connectivity index (χ0v) is 16.2. The number of hydrogen-bond donors (Lipinski definition) is 1. The Morgan fingerprint density at radius 1 is 0.960 bits per heavy atom. The monoisotopic (exact) mass is 407 g/mol. The zero-order valence-electron chi connectivity index (χ0n) is 14.6. The molecule has 2 aromatic carbocycles. The van der Waals surface area contributed by atoms with E-state index in [-0.39, 0.29) is 12.3 Å². The summed E-state index contributed by atoms with van der Waals surface area (Å²) in [5, 5.41) is 2.93. The van der Waals surface area contributed by atoms with E-state index in [0.29, 0.717) is 24.5 Å². The minimum Gasteiger partial charge on any atom is -0.496 e. The van der Waals surface area contributed by atoms with Crippen LogP contribution in [0.3, 0.4) is 0 Å². The number of ether oxygens (including phenoxy) is 3. The van der Waals surface area contributed by atoms with E-state index in [1.54, 1.807) is 27.4 Å². The molecule has 0 bridgehead atoms. The first-order chi connectivity index (χ1) is 12.1. The fourth-order valence-electron chi connectivity index (χ4n) is 2.52. The zero-order chi connectivity index (χ0) is 18.2. The molecular formula is C19H22BrNO4. The third-order valence-electron chi connectivity index (χ3n) is 3.77. The van der Waals surface area contributed by atoms with E-state index >= 15 is 0 Å². The van der Waals surface area contributed by atoms with Crippen LogP contribution in [0.5, 0.6) is 17.2 Å². The van der Waals surface area contributed by atoms with Crippen LogP contribution in [-0.2, 0) is 17.6 Å². The van der Waals surface area contributed by atoms with Crippen LogP contribution in [0.1, 0.15) is 11.1 Å². The van der Waals surface area contributed by atoms with Gasteiger partial charge in [-0.25, -0.2) is 0 Å². The smallest absolute Gasteiger partial charge is 0.224 e. The Morgan fingerprint density at radius 3 is 2.32 bits per heavy atom. The lowest BCUT2D eigenvalue weighted by Gasteiger charge is -2.11. The predicted octanol–water partition coefficient (Wildman–Crippen LogP) is 3.38. The molecule has 25 heavy (non-hydrogen) atoms. The van der Waals surface area contributed by atoms with Crippen LogP contribution in [0.4, 0.5) is 0 Å². The molecular weight excluding hydrogens is 386 g/mol. The molecule has 2 rings (SSSR count). The Morgan fingerprint density at radius 2 is 1.64 bits per heavy atom.